The van der Waals surface area contributed by atoms with Gasteiger partial charge in [0.2, 0.25) is 0 Å². The Morgan fingerprint density at radius 3 is 2.48 bits per heavy atom. The predicted octanol–water partition coefficient (Wildman–Crippen LogP) is 2.50. The fourth-order valence-electron chi connectivity index (χ4n) is 2.50. The lowest BCUT2D eigenvalue weighted by molar-refractivity contribution is -0.131. The number of nitrogens with one attached hydrogen (secondary N) is 1. The lowest BCUT2D eigenvalue weighted by Gasteiger charge is -2.26. The van der Waals surface area contributed by atoms with Gasteiger partial charge in [-0.25, -0.2) is 19.6 Å². The number of aliphatic hydroxyl groups excluding tert-OH is 1. The fraction of sp³-hybridized carbons (Fsp3) is 0.211. The molecule has 0 spiro atoms. The van der Waals surface area contributed by atoms with E-state index in [-0.39, 0.29) is 21.2 Å². The summed E-state index contributed by atoms with van der Waals surface area (Å²) in [5, 5.41) is 22.1. The van der Waals surface area contributed by atoms with Gasteiger partial charge in [-0.15, -0.1) is 0 Å². The first-order valence-electron chi connectivity index (χ1n) is 8.30. The molecule has 2 unspecified atom stereocenters. The number of imide groups is 1. The average molecular weight is 423 g/mol. The van der Waals surface area contributed by atoms with Crippen LogP contribution in [0.1, 0.15) is 28.4 Å². The van der Waals surface area contributed by atoms with E-state index >= 15 is 0 Å². The topological polar surface area (TPSA) is 119 Å². The van der Waals surface area contributed by atoms with Gasteiger partial charge in [0, 0.05) is 11.3 Å². The van der Waals surface area contributed by atoms with Crippen LogP contribution in [0.2, 0.25) is 5.02 Å². The number of hydrazine groups is 1. The molecule has 152 valence electrons. The number of amides is 2. The molecular formula is C19H17ClF2N4O3. The molecule has 0 aliphatic heterocycles. The molecule has 29 heavy (non-hydrogen) atoms. The van der Waals surface area contributed by atoms with Crippen LogP contribution < -0.4 is 11.2 Å². The number of benzene rings is 2. The molecule has 4 N–H and O–H groups in total. The normalized spacial score (nSPS) is 12.6. The van der Waals surface area contributed by atoms with Crippen LogP contribution >= 0.6 is 11.6 Å². The molecule has 0 heterocycles. The monoisotopic (exact) mass is 422 g/mol. The van der Waals surface area contributed by atoms with E-state index in [4.69, 9.17) is 22.7 Å². The maximum atomic E-state index is 13.4. The van der Waals surface area contributed by atoms with Crippen molar-refractivity contribution in [3.63, 3.8) is 0 Å². The summed E-state index contributed by atoms with van der Waals surface area (Å²) < 4.78 is 26.4. The summed E-state index contributed by atoms with van der Waals surface area (Å²) in [5.74, 6) is 1.05. The van der Waals surface area contributed by atoms with Gasteiger partial charge in [0.15, 0.2) is 11.6 Å². The van der Waals surface area contributed by atoms with E-state index in [1.165, 1.54) is 19.1 Å². The number of nitrogens with two attached hydrogens (primary N) is 1. The Balaban J connectivity index is 2.29. The molecule has 0 fully saturated rings. The van der Waals surface area contributed by atoms with Gasteiger partial charge in [-0.2, -0.15) is 5.26 Å². The third-order valence-corrected chi connectivity index (χ3v) is 4.68. The second-order valence-electron chi connectivity index (χ2n) is 6.22. The molecule has 2 aromatic carbocycles. The molecule has 2 aromatic rings. The number of aliphatic hydroxyl groups is 1. The first kappa shape index (κ1) is 22.2. The SMILES string of the molecule is Cc1c(NC(C(=O)N(N)C(=O)c2ccc(F)c(F)c2)C(C)O)ccc(C#N)c1Cl. The van der Waals surface area contributed by atoms with Gasteiger partial charge >= 0.3 is 0 Å². The Labute approximate surface area is 170 Å². The highest BCUT2D eigenvalue weighted by atomic mass is 35.5. The third kappa shape index (κ3) is 4.68. The van der Waals surface area contributed by atoms with Gasteiger partial charge in [-0.3, -0.25) is 9.59 Å². The van der Waals surface area contributed by atoms with Gasteiger partial charge in [0.05, 0.1) is 16.7 Å². The Kier molecular flexibility index (Phi) is 6.87. The number of hydrogen-bond donors (Lipinski definition) is 3. The van der Waals surface area contributed by atoms with E-state index < -0.39 is 35.6 Å². The van der Waals surface area contributed by atoms with Crippen molar-refractivity contribution in [3.05, 3.63) is 63.7 Å². The number of carbonyl (C=O) groups excluding carboxylic acids is 2. The van der Waals surface area contributed by atoms with Crippen molar-refractivity contribution in [3.8, 4) is 6.07 Å². The summed E-state index contributed by atoms with van der Waals surface area (Å²) in [7, 11) is 0. The molecule has 2 atom stereocenters. The maximum absolute atomic E-state index is 13.4. The van der Waals surface area contributed by atoms with E-state index in [1.54, 1.807) is 6.92 Å². The lowest BCUT2D eigenvalue weighted by atomic mass is 10.1. The van der Waals surface area contributed by atoms with Crippen molar-refractivity contribution in [1.29, 1.82) is 5.26 Å². The van der Waals surface area contributed by atoms with Crippen LogP contribution in [0.4, 0.5) is 14.5 Å². The molecule has 2 amide bonds. The van der Waals surface area contributed by atoms with Crippen LogP contribution in [0.5, 0.6) is 0 Å². The summed E-state index contributed by atoms with van der Waals surface area (Å²) in [5.41, 5.74) is 0.659. The zero-order valence-corrected chi connectivity index (χ0v) is 16.2. The fourth-order valence-corrected chi connectivity index (χ4v) is 2.71. The Hall–Kier alpha value is -3.06. The molecule has 7 nitrogen and oxygen atoms in total. The van der Waals surface area contributed by atoms with E-state index in [1.807, 2.05) is 6.07 Å². The Morgan fingerprint density at radius 2 is 1.93 bits per heavy atom. The van der Waals surface area contributed by atoms with Crippen LogP contribution in [0.3, 0.4) is 0 Å². The summed E-state index contributed by atoms with van der Waals surface area (Å²) >= 11 is 6.10. The van der Waals surface area contributed by atoms with Crippen molar-refractivity contribution in [2.24, 2.45) is 5.84 Å². The number of hydrogen-bond acceptors (Lipinski definition) is 6. The van der Waals surface area contributed by atoms with Gasteiger partial charge in [0.25, 0.3) is 11.8 Å². The number of anilines is 1. The standard InChI is InChI=1S/C19H17ClF2N4O3/c1-9-15(6-4-12(8-23)16(9)20)25-17(10(2)27)19(29)26(24)18(28)11-3-5-13(21)14(22)7-11/h3-7,10,17,25,27H,24H2,1-2H3. The summed E-state index contributed by atoms with van der Waals surface area (Å²) in [6, 6.07) is 5.78. The maximum Gasteiger partial charge on any atom is 0.275 e. The Morgan fingerprint density at radius 1 is 1.28 bits per heavy atom. The van der Waals surface area contributed by atoms with Crippen LogP contribution in [-0.4, -0.2) is 34.1 Å². The average Bonchev–Trinajstić information content (AvgIpc) is 2.69. The first-order chi connectivity index (χ1) is 13.6. The number of carbonyl (C=O) groups is 2. The number of rotatable bonds is 5. The molecule has 0 aliphatic carbocycles. The number of nitriles is 1. The lowest BCUT2D eigenvalue weighted by Crippen LogP contribution is -2.53. The first-order valence-corrected chi connectivity index (χ1v) is 8.68. The second kappa shape index (κ2) is 8.96. The van der Waals surface area contributed by atoms with Gasteiger partial charge in [-0.05, 0) is 49.7 Å². The second-order valence-corrected chi connectivity index (χ2v) is 6.59. The van der Waals surface area contributed by atoms with Gasteiger partial charge in [-0.1, -0.05) is 11.6 Å². The van der Waals surface area contributed by atoms with Crippen molar-refractivity contribution in [2.45, 2.75) is 26.0 Å². The highest BCUT2D eigenvalue weighted by molar-refractivity contribution is 6.32. The molecule has 0 radical (unpaired) electrons. The van der Waals surface area contributed by atoms with Crippen LogP contribution in [-0.2, 0) is 4.79 Å². The third-order valence-electron chi connectivity index (χ3n) is 4.19. The molecule has 0 bridgehead atoms. The largest absolute Gasteiger partial charge is 0.391 e. The summed E-state index contributed by atoms with van der Waals surface area (Å²) in [6.45, 7) is 2.90. The van der Waals surface area contributed by atoms with E-state index in [0.29, 0.717) is 17.3 Å². The minimum atomic E-state index is -1.36. The number of nitrogens with zero attached hydrogens (tertiary/aromatic N) is 2. The molecule has 10 heteroatoms. The molecule has 0 aromatic heterocycles. The minimum Gasteiger partial charge on any atom is -0.391 e. The van der Waals surface area contributed by atoms with Gasteiger partial charge in [0.1, 0.15) is 12.1 Å². The van der Waals surface area contributed by atoms with Crippen LogP contribution in [0, 0.1) is 29.9 Å². The Bertz CT molecular complexity index is 1010. The van der Waals surface area contributed by atoms with Crippen molar-refractivity contribution in [2.75, 3.05) is 5.32 Å². The molecular weight excluding hydrogens is 406 g/mol. The molecule has 0 saturated carbocycles. The zero-order valence-electron chi connectivity index (χ0n) is 15.4. The smallest absolute Gasteiger partial charge is 0.275 e. The van der Waals surface area contributed by atoms with E-state index in [0.717, 1.165) is 12.1 Å². The number of halogens is 3. The van der Waals surface area contributed by atoms with E-state index in [9.17, 15) is 23.5 Å². The van der Waals surface area contributed by atoms with E-state index in [2.05, 4.69) is 5.32 Å². The highest BCUT2D eigenvalue weighted by Gasteiger charge is 2.31. The quantitative estimate of drug-likeness (QED) is 0.387. The molecule has 0 aliphatic rings. The van der Waals surface area contributed by atoms with Crippen LogP contribution in [0.15, 0.2) is 30.3 Å². The van der Waals surface area contributed by atoms with Gasteiger partial charge < -0.3 is 10.4 Å². The van der Waals surface area contributed by atoms with Crippen molar-refractivity contribution in [1.82, 2.24) is 5.01 Å². The summed E-state index contributed by atoms with van der Waals surface area (Å²) in [6.07, 6.45) is -1.29. The highest BCUT2D eigenvalue weighted by Crippen LogP contribution is 2.28. The molecule has 0 saturated heterocycles. The van der Waals surface area contributed by atoms with Crippen LogP contribution in [0.25, 0.3) is 0 Å². The predicted molar refractivity (Wildman–Crippen MR) is 102 cm³/mol. The minimum absolute atomic E-state index is 0.164. The molecule has 2 rings (SSSR count). The zero-order chi connectivity index (χ0) is 21.9. The van der Waals surface area contributed by atoms with Crippen molar-refractivity contribution < 1.29 is 23.5 Å². The summed E-state index contributed by atoms with van der Waals surface area (Å²) in [4.78, 5) is 25.0. The van der Waals surface area contributed by atoms with Crippen molar-refractivity contribution >= 4 is 29.1 Å².